The van der Waals surface area contributed by atoms with Crippen LogP contribution < -0.4 is 0 Å². The average molecular weight is 368 g/mol. The molecule has 0 N–H and O–H groups in total. The number of ether oxygens (including phenoxy) is 1. The summed E-state index contributed by atoms with van der Waals surface area (Å²) in [5, 5.41) is 1.70. The molecule has 0 saturated carbocycles. The number of alkyl halides is 2. The minimum absolute atomic E-state index is 0.00618. The Balaban J connectivity index is 2.85. The van der Waals surface area contributed by atoms with Crippen molar-refractivity contribution in [1.82, 2.24) is 0 Å². The van der Waals surface area contributed by atoms with Gasteiger partial charge in [-0.15, -0.1) is 0 Å². The minimum atomic E-state index is -0.191. The van der Waals surface area contributed by atoms with Crippen LogP contribution in [0.3, 0.4) is 0 Å². The molecule has 1 rings (SSSR count). The first-order valence-electron chi connectivity index (χ1n) is 5.55. The van der Waals surface area contributed by atoms with Crippen LogP contribution in [0, 0.1) is 5.82 Å². The van der Waals surface area contributed by atoms with Gasteiger partial charge >= 0.3 is 0 Å². The zero-order valence-corrected chi connectivity index (χ0v) is 13.1. The van der Waals surface area contributed by atoms with Crippen LogP contribution in [0.1, 0.15) is 18.4 Å². The molecule has 0 amide bonds. The highest BCUT2D eigenvalue weighted by Gasteiger charge is 2.29. The van der Waals surface area contributed by atoms with Gasteiger partial charge in [0.15, 0.2) is 0 Å². The first kappa shape index (κ1) is 15.1. The van der Waals surface area contributed by atoms with E-state index in [-0.39, 0.29) is 11.2 Å². The summed E-state index contributed by atoms with van der Waals surface area (Å²) in [6.07, 6.45) is 1.99. The summed E-state index contributed by atoms with van der Waals surface area (Å²) in [5.41, 5.74) is 1.16. The lowest BCUT2D eigenvalue weighted by molar-refractivity contribution is 0.186. The van der Waals surface area contributed by atoms with Crippen molar-refractivity contribution in [3.8, 4) is 0 Å². The fraction of sp³-hybridized carbons (Fsp3) is 0.538. The fourth-order valence-corrected chi connectivity index (χ4v) is 3.96. The molecule has 0 heterocycles. The molecular formula is C13H17Br2FO. The lowest BCUT2D eigenvalue weighted by Crippen LogP contribution is -2.30. The van der Waals surface area contributed by atoms with Crippen LogP contribution in [0.4, 0.5) is 4.39 Å². The maximum atomic E-state index is 12.9. The maximum Gasteiger partial charge on any atom is 0.123 e. The van der Waals surface area contributed by atoms with Crippen LogP contribution in [-0.2, 0) is 10.2 Å². The molecule has 1 nitrogen and oxygen atoms in total. The van der Waals surface area contributed by atoms with Crippen molar-refractivity contribution < 1.29 is 9.13 Å². The molecule has 0 saturated heterocycles. The van der Waals surface area contributed by atoms with Crippen molar-refractivity contribution >= 4 is 31.9 Å². The van der Waals surface area contributed by atoms with E-state index in [1.807, 2.05) is 12.1 Å². The Bertz CT molecular complexity index is 323. The lowest BCUT2D eigenvalue weighted by Gasteiger charge is -2.30. The molecule has 0 aliphatic heterocycles. The lowest BCUT2D eigenvalue weighted by atomic mass is 9.80. The van der Waals surface area contributed by atoms with Crippen molar-refractivity contribution in [2.75, 3.05) is 24.4 Å². The fourth-order valence-electron chi connectivity index (χ4n) is 1.83. The summed E-state index contributed by atoms with van der Waals surface area (Å²) < 4.78 is 18.0. The van der Waals surface area contributed by atoms with E-state index >= 15 is 0 Å². The van der Waals surface area contributed by atoms with E-state index in [4.69, 9.17) is 4.74 Å². The Morgan fingerprint density at radius 1 is 1.18 bits per heavy atom. The highest BCUT2D eigenvalue weighted by atomic mass is 79.9. The van der Waals surface area contributed by atoms with Crippen LogP contribution in [0.25, 0.3) is 0 Å². The van der Waals surface area contributed by atoms with Crippen molar-refractivity contribution in [2.24, 2.45) is 0 Å². The molecular weight excluding hydrogens is 351 g/mol. The number of hydrogen-bond acceptors (Lipinski definition) is 1. The normalized spacial score (nSPS) is 11.8. The number of benzene rings is 1. The predicted octanol–water partition coefficient (Wildman–Crippen LogP) is 4.28. The molecule has 0 unspecified atom stereocenters. The molecule has 0 radical (unpaired) electrons. The van der Waals surface area contributed by atoms with Gasteiger partial charge in [-0.25, -0.2) is 4.39 Å². The van der Waals surface area contributed by atoms with E-state index in [2.05, 4.69) is 31.9 Å². The van der Waals surface area contributed by atoms with Crippen molar-refractivity contribution in [1.29, 1.82) is 0 Å². The molecule has 1 aromatic rings. The zero-order chi connectivity index (χ0) is 12.7. The van der Waals surface area contributed by atoms with Gasteiger partial charge in [0.25, 0.3) is 0 Å². The highest BCUT2D eigenvalue weighted by molar-refractivity contribution is 9.09. The summed E-state index contributed by atoms with van der Waals surface area (Å²) in [6.45, 7) is 0.753. The summed E-state index contributed by atoms with van der Waals surface area (Å²) in [4.78, 5) is 0. The molecule has 0 atom stereocenters. The van der Waals surface area contributed by atoms with Gasteiger partial charge in [0.1, 0.15) is 5.82 Å². The highest BCUT2D eigenvalue weighted by Crippen LogP contribution is 2.33. The standard InChI is InChI=1S/C13H17Br2FO/c1-17-8-2-7-13(9-14,10-15)11-3-5-12(16)6-4-11/h3-6H,2,7-10H2,1H3. The Kier molecular flexibility index (Phi) is 6.67. The molecule has 0 aliphatic carbocycles. The van der Waals surface area contributed by atoms with E-state index in [9.17, 15) is 4.39 Å². The van der Waals surface area contributed by atoms with E-state index < -0.39 is 0 Å². The predicted molar refractivity (Wildman–Crippen MR) is 76.8 cm³/mol. The third kappa shape index (κ3) is 4.04. The van der Waals surface area contributed by atoms with Crippen LogP contribution in [0.2, 0.25) is 0 Å². The molecule has 0 spiro atoms. The molecule has 0 aliphatic rings. The molecule has 0 bridgehead atoms. The topological polar surface area (TPSA) is 9.23 Å². The number of rotatable bonds is 7. The quantitative estimate of drug-likeness (QED) is 0.516. The van der Waals surface area contributed by atoms with Gasteiger partial charge in [0, 0.05) is 29.8 Å². The Morgan fingerprint density at radius 3 is 2.24 bits per heavy atom. The molecule has 0 aromatic heterocycles. The molecule has 0 fully saturated rings. The Morgan fingerprint density at radius 2 is 1.76 bits per heavy atom. The maximum absolute atomic E-state index is 12.9. The molecule has 1 aromatic carbocycles. The van der Waals surface area contributed by atoms with Gasteiger partial charge in [0.2, 0.25) is 0 Å². The monoisotopic (exact) mass is 366 g/mol. The largest absolute Gasteiger partial charge is 0.385 e. The van der Waals surface area contributed by atoms with E-state index in [0.717, 1.165) is 35.7 Å². The molecule has 4 heteroatoms. The van der Waals surface area contributed by atoms with Crippen molar-refractivity contribution in [3.05, 3.63) is 35.6 Å². The van der Waals surface area contributed by atoms with Crippen LogP contribution in [0.15, 0.2) is 24.3 Å². The van der Waals surface area contributed by atoms with Gasteiger partial charge < -0.3 is 4.74 Å². The first-order chi connectivity index (χ1) is 8.18. The van der Waals surface area contributed by atoms with Crippen LogP contribution in [0.5, 0.6) is 0 Å². The second kappa shape index (κ2) is 7.49. The van der Waals surface area contributed by atoms with Gasteiger partial charge in [0.05, 0.1) is 0 Å². The van der Waals surface area contributed by atoms with Gasteiger partial charge in [-0.1, -0.05) is 44.0 Å². The summed E-state index contributed by atoms with van der Waals surface area (Å²) in [5.74, 6) is -0.191. The third-order valence-electron chi connectivity index (χ3n) is 2.97. The summed E-state index contributed by atoms with van der Waals surface area (Å²) in [7, 11) is 1.71. The summed E-state index contributed by atoms with van der Waals surface area (Å²) in [6, 6.07) is 6.77. The van der Waals surface area contributed by atoms with E-state index in [0.29, 0.717) is 0 Å². The van der Waals surface area contributed by atoms with Crippen LogP contribution in [-0.4, -0.2) is 24.4 Å². The van der Waals surface area contributed by atoms with Gasteiger partial charge in [-0.3, -0.25) is 0 Å². The molecule has 17 heavy (non-hydrogen) atoms. The SMILES string of the molecule is COCCCC(CBr)(CBr)c1ccc(F)cc1. The first-order valence-corrected chi connectivity index (χ1v) is 7.80. The van der Waals surface area contributed by atoms with E-state index in [1.54, 1.807) is 7.11 Å². The van der Waals surface area contributed by atoms with Gasteiger partial charge in [-0.05, 0) is 30.5 Å². The average Bonchev–Trinajstić information content (AvgIpc) is 2.37. The number of halogens is 3. The van der Waals surface area contributed by atoms with Crippen molar-refractivity contribution in [2.45, 2.75) is 18.3 Å². The zero-order valence-electron chi connectivity index (χ0n) is 9.89. The smallest absolute Gasteiger partial charge is 0.123 e. The number of hydrogen-bond donors (Lipinski definition) is 0. The van der Waals surface area contributed by atoms with Gasteiger partial charge in [-0.2, -0.15) is 0 Å². The Hall–Kier alpha value is 0.0700. The minimum Gasteiger partial charge on any atom is -0.385 e. The van der Waals surface area contributed by atoms with E-state index in [1.165, 1.54) is 12.1 Å². The molecule has 96 valence electrons. The second-order valence-corrected chi connectivity index (χ2v) is 5.27. The number of methoxy groups -OCH3 is 1. The third-order valence-corrected chi connectivity index (χ3v) is 5.12. The van der Waals surface area contributed by atoms with Crippen LogP contribution >= 0.6 is 31.9 Å². The second-order valence-electron chi connectivity index (χ2n) is 4.15. The summed E-state index contributed by atoms with van der Waals surface area (Å²) >= 11 is 7.15. The van der Waals surface area contributed by atoms with Crippen molar-refractivity contribution in [3.63, 3.8) is 0 Å². The Labute approximate surface area is 119 Å².